The minimum absolute atomic E-state index is 0.217. The van der Waals surface area contributed by atoms with E-state index in [1.807, 2.05) is 4.68 Å². The van der Waals surface area contributed by atoms with Gasteiger partial charge in [0.2, 0.25) is 0 Å². The Hall–Kier alpha value is -1.34. The lowest BCUT2D eigenvalue weighted by Crippen LogP contribution is -2.24. The Morgan fingerprint density at radius 1 is 1.37 bits per heavy atom. The molecule has 0 bridgehead atoms. The highest BCUT2D eigenvalue weighted by atomic mass is 32.1. The van der Waals surface area contributed by atoms with Crippen LogP contribution in [0.25, 0.3) is 0 Å². The second-order valence-electron chi connectivity index (χ2n) is 4.24. The summed E-state index contributed by atoms with van der Waals surface area (Å²) in [7, 11) is 0. The monoisotopic (exact) mass is 280 g/mol. The van der Waals surface area contributed by atoms with Crippen LogP contribution in [0.5, 0.6) is 0 Å². The molecule has 0 spiro atoms. The van der Waals surface area contributed by atoms with E-state index in [4.69, 9.17) is 0 Å². The first-order valence-corrected chi connectivity index (χ1v) is 7.48. The smallest absolute Gasteiger partial charge is 0.138 e. The quantitative estimate of drug-likeness (QED) is 0.834. The van der Waals surface area contributed by atoms with Crippen LogP contribution in [0.2, 0.25) is 0 Å². The average molecular weight is 280 g/mol. The van der Waals surface area contributed by atoms with Gasteiger partial charge in [0.05, 0.1) is 16.6 Å². The van der Waals surface area contributed by atoms with Crippen molar-refractivity contribution in [2.24, 2.45) is 0 Å². The van der Waals surface area contributed by atoms with Crippen molar-refractivity contribution < 1.29 is 0 Å². The van der Waals surface area contributed by atoms with Gasteiger partial charge in [-0.3, -0.25) is 4.68 Å². The zero-order valence-corrected chi connectivity index (χ0v) is 12.4. The molecule has 2 aromatic heterocycles. The predicted molar refractivity (Wildman–Crippen MR) is 75.1 cm³/mol. The fraction of sp³-hybridized carbons (Fsp3) is 0.667. The third-order valence-corrected chi connectivity index (χ3v) is 3.95. The normalized spacial score (nSPS) is 12.8. The minimum Gasteiger partial charge on any atom is -0.309 e. The topological polar surface area (TPSA) is 68.5 Å². The van der Waals surface area contributed by atoms with E-state index in [1.165, 1.54) is 16.4 Å². The van der Waals surface area contributed by atoms with Crippen molar-refractivity contribution in [3.8, 4) is 0 Å². The van der Waals surface area contributed by atoms with Crippen LogP contribution in [-0.2, 0) is 19.4 Å². The maximum Gasteiger partial charge on any atom is 0.138 e. The van der Waals surface area contributed by atoms with Gasteiger partial charge < -0.3 is 5.32 Å². The molecule has 104 valence electrons. The van der Waals surface area contributed by atoms with Gasteiger partial charge in [0.15, 0.2) is 0 Å². The molecule has 0 aliphatic heterocycles. The van der Waals surface area contributed by atoms with Gasteiger partial charge in [0, 0.05) is 13.0 Å². The summed E-state index contributed by atoms with van der Waals surface area (Å²) in [6.45, 7) is 8.04. The molecule has 2 aromatic rings. The Morgan fingerprint density at radius 2 is 2.21 bits per heavy atom. The van der Waals surface area contributed by atoms with E-state index in [2.05, 4.69) is 45.8 Å². The van der Waals surface area contributed by atoms with E-state index in [0.717, 1.165) is 37.4 Å². The third-order valence-electron chi connectivity index (χ3n) is 3.07. The number of likely N-dealkylation sites (N-methyl/N-ethyl adjacent to an activating group) is 1. The van der Waals surface area contributed by atoms with Crippen LogP contribution < -0.4 is 5.32 Å². The van der Waals surface area contributed by atoms with Crippen LogP contribution in [0.15, 0.2) is 6.33 Å². The summed E-state index contributed by atoms with van der Waals surface area (Å²) in [5.41, 5.74) is 1.08. The summed E-state index contributed by atoms with van der Waals surface area (Å²) in [4.78, 5) is 5.57. The van der Waals surface area contributed by atoms with Gasteiger partial charge in [-0.2, -0.15) is 5.10 Å². The first kappa shape index (κ1) is 14.1. The number of aromatic nitrogens is 5. The van der Waals surface area contributed by atoms with Crippen molar-refractivity contribution in [1.82, 2.24) is 29.7 Å². The van der Waals surface area contributed by atoms with E-state index in [1.54, 1.807) is 6.33 Å². The summed E-state index contributed by atoms with van der Waals surface area (Å²) in [5.74, 6) is 1.00. The van der Waals surface area contributed by atoms with E-state index < -0.39 is 0 Å². The van der Waals surface area contributed by atoms with Gasteiger partial charge in [0.25, 0.3) is 0 Å². The molecule has 1 unspecified atom stereocenters. The number of nitrogens with zero attached hydrogens (tertiary/aromatic N) is 5. The second-order valence-corrected chi connectivity index (χ2v) is 5.03. The lowest BCUT2D eigenvalue weighted by Gasteiger charge is -2.16. The van der Waals surface area contributed by atoms with Crippen molar-refractivity contribution in [2.45, 2.75) is 46.2 Å². The fourth-order valence-electron chi connectivity index (χ4n) is 2.12. The van der Waals surface area contributed by atoms with Crippen LogP contribution in [-0.4, -0.2) is 30.9 Å². The Morgan fingerprint density at radius 3 is 2.89 bits per heavy atom. The zero-order valence-electron chi connectivity index (χ0n) is 11.6. The largest absolute Gasteiger partial charge is 0.309 e. The highest BCUT2D eigenvalue weighted by molar-refractivity contribution is 7.05. The van der Waals surface area contributed by atoms with E-state index >= 15 is 0 Å². The summed E-state index contributed by atoms with van der Waals surface area (Å²) in [6, 6.07) is 0.217. The maximum atomic E-state index is 4.35. The standard InChI is InChI=1S/C12H20N6S/c1-4-9-12(19-17-16-9)10(13-5-2)7-11-14-8-15-18(11)6-3/h8,10,13H,4-7H2,1-3H3. The van der Waals surface area contributed by atoms with E-state index in [-0.39, 0.29) is 6.04 Å². The molecule has 0 saturated carbocycles. The van der Waals surface area contributed by atoms with E-state index in [9.17, 15) is 0 Å². The van der Waals surface area contributed by atoms with Crippen LogP contribution >= 0.6 is 11.5 Å². The second kappa shape index (κ2) is 6.72. The molecule has 19 heavy (non-hydrogen) atoms. The first-order chi connectivity index (χ1) is 9.30. The predicted octanol–water partition coefficient (Wildman–Crippen LogP) is 1.61. The molecule has 0 fully saturated rings. The van der Waals surface area contributed by atoms with Gasteiger partial charge in [-0.25, -0.2) is 4.98 Å². The first-order valence-electron chi connectivity index (χ1n) is 6.71. The van der Waals surface area contributed by atoms with Crippen molar-refractivity contribution >= 4 is 11.5 Å². The molecule has 0 aromatic carbocycles. The SMILES string of the molecule is CCNC(Cc1ncnn1CC)c1snnc1CC. The highest BCUT2D eigenvalue weighted by Crippen LogP contribution is 2.23. The van der Waals surface area contributed by atoms with Gasteiger partial charge in [-0.15, -0.1) is 5.10 Å². The Bertz CT molecular complexity index is 506. The number of rotatable bonds is 7. The maximum absolute atomic E-state index is 4.35. The van der Waals surface area contributed by atoms with Gasteiger partial charge in [0.1, 0.15) is 12.2 Å². The number of hydrogen-bond acceptors (Lipinski definition) is 6. The molecule has 0 amide bonds. The number of hydrogen-bond donors (Lipinski definition) is 1. The molecule has 0 saturated heterocycles. The lowest BCUT2D eigenvalue weighted by molar-refractivity contribution is 0.512. The van der Waals surface area contributed by atoms with Crippen LogP contribution in [0.3, 0.4) is 0 Å². The van der Waals surface area contributed by atoms with E-state index in [0.29, 0.717) is 0 Å². The third kappa shape index (κ3) is 3.16. The average Bonchev–Trinajstić information content (AvgIpc) is 3.06. The molecule has 2 heterocycles. The molecule has 2 rings (SSSR count). The Balaban J connectivity index is 2.21. The molecule has 6 nitrogen and oxygen atoms in total. The Labute approximate surface area is 117 Å². The summed E-state index contributed by atoms with van der Waals surface area (Å²) in [6.07, 6.45) is 3.35. The zero-order chi connectivity index (χ0) is 13.7. The molecular formula is C12H20N6S. The minimum atomic E-state index is 0.217. The summed E-state index contributed by atoms with van der Waals surface area (Å²) >= 11 is 1.48. The highest BCUT2D eigenvalue weighted by Gasteiger charge is 2.20. The molecule has 1 N–H and O–H groups in total. The van der Waals surface area contributed by atoms with Crippen LogP contribution in [0, 0.1) is 0 Å². The van der Waals surface area contributed by atoms with Crippen LogP contribution in [0.4, 0.5) is 0 Å². The van der Waals surface area contributed by atoms with Gasteiger partial charge in [-0.05, 0) is 31.4 Å². The van der Waals surface area contributed by atoms with Crippen LogP contribution in [0.1, 0.15) is 43.2 Å². The van der Waals surface area contributed by atoms with Crippen molar-refractivity contribution in [3.63, 3.8) is 0 Å². The fourth-order valence-corrected chi connectivity index (χ4v) is 2.93. The number of aryl methyl sites for hydroxylation is 2. The molecule has 1 atom stereocenters. The number of nitrogens with one attached hydrogen (secondary N) is 1. The molecule has 7 heteroatoms. The molecule has 0 aliphatic rings. The van der Waals surface area contributed by atoms with Gasteiger partial charge in [-0.1, -0.05) is 18.3 Å². The summed E-state index contributed by atoms with van der Waals surface area (Å²) in [5, 5.41) is 11.9. The van der Waals surface area contributed by atoms with Gasteiger partial charge >= 0.3 is 0 Å². The Kier molecular flexibility index (Phi) is 4.98. The van der Waals surface area contributed by atoms with Crippen molar-refractivity contribution in [2.75, 3.05) is 6.54 Å². The lowest BCUT2D eigenvalue weighted by atomic mass is 10.1. The molecule has 0 aliphatic carbocycles. The van der Waals surface area contributed by atoms with Crippen molar-refractivity contribution in [1.29, 1.82) is 0 Å². The molecular weight excluding hydrogens is 260 g/mol. The molecule has 0 radical (unpaired) electrons. The van der Waals surface area contributed by atoms with Crippen molar-refractivity contribution in [3.05, 3.63) is 22.7 Å². The summed E-state index contributed by atoms with van der Waals surface area (Å²) < 4.78 is 6.01.